The van der Waals surface area contributed by atoms with E-state index < -0.39 is 0 Å². The molecule has 0 saturated heterocycles. The Kier molecular flexibility index (Phi) is 3.40. The average Bonchev–Trinajstić information content (AvgIpc) is 2.43. The number of pyridine rings is 1. The van der Waals surface area contributed by atoms with Crippen molar-refractivity contribution in [3.8, 4) is 11.3 Å². The van der Waals surface area contributed by atoms with Crippen LogP contribution in [0.3, 0.4) is 0 Å². The molecule has 0 aliphatic heterocycles. The Morgan fingerprint density at radius 2 is 1.36 bits per heavy atom. The zero-order valence-corrected chi connectivity index (χ0v) is 13.9. The van der Waals surface area contributed by atoms with Crippen LogP contribution in [-0.4, -0.2) is 4.98 Å². The van der Waals surface area contributed by atoms with Crippen molar-refractivity contribution in [2.24, 2.45) is 0 Å². The van der Waals surface area contributed by atoms with Crippen LogP contribution in [0.15, 0.2) is 30.3 Å². The normalized spacial score (nSPS) is 11.1. The van der Waals surface area contributed by atoms with Gasteiger partial charge in [0.05, 0.1) is 11.2 Å². The van der Waals surface area contributed by atoms with Gasteiger partial charge in [-0.1, -0.05) is 23.3 Å². The van der Waals surface area contributed by atoms with Gasteiger partial charge in [-0.15, -0.1) is 0 Å². The summed E-state index contributed by atoms with van der Waals surface area (Å²) in [7, 11) is 0. The van der Waals surface area contributed by atoms with Gasteiger partial charge in [-0.05, 0) is 69.5 Å². The van der Waals surface area contributed by atoms with Crippen molar-refractivity contribution < 1.29 is 0 Å². The summed E-state index contributed by atoms with van der Waals surface area (Å²) in [6.45, 7) is 10.5. The minimum absolute atomic E-state index is 0.821. The highest BCUT2D eigenvalue weighted by atomic mass is 14.7. The third kappa shape index (κ3) is 2.35. The first-order chi connectivity index (χ1) is 10.4. The van der Waals surface area contributed by atoms with Crippen LogP contribution in [0.5, 0.6) is 0 Å². The molecule has 2 aromatic carbocycles. The van der Waals surface area contributed by atoms with Crippen molar-refractivity contribution in [2.75, 3.05) is 5.73 Å². The fourth-order valence-corrected chi connectivity index (χ4v) is 3.17. The predicted octanol–water partition coefficient (Wildman–Crippen LogP) is 5.03. The first-order valence-corrected chi connectivity index (χ1v) is 7.62. The highest BCUT2D eigenvalue weighted by Crippen LogP contribution is 2.32. The molecule has 0 unspecified atom stereocenters. The molecule has 0 fully saturated rings. The highest BCUT2D eigenvalue weighted by molar-refractivity contribution is 5.89. The number of nitrogens with zero attached hydrogens (tertiary/aromatic N) is 1. The van der Waals surface area contributed by atoms with E-state index in [-0.39, 0.29) is 0 Å². The first-order valence-electron chi connectivity index (χ1n) is 7.62. The molecule has 1 heterocycles. The molecule has 0 aliphatic carbocycles. The fourth-order valence-electron chi connectivity index (χ4n) is 3.17. The van der Waals surface area contributed by atoms with Crippen LogP contribution in [-0.2, 0) is 0 Å². The lowest BCUT2D eigenvalue weighted by Gasteiger charge is -2.13. The van der Waals surface area contributed by atoms with Crippen molar-refractivity contribution in [1.82, 2.24) is 4.98 Å². The maximum Gasteiger partial charge on any atom is 0.0741 e. The van der Waals surface area contributed by atoms with Crippen molar-refractivity contribution in [2.45, 2.75) is 34.6 Å². The van der Waals surface area contributed by atoms with E-state index in [1.54, 1.807) is 0 Å². The van der Waals surface area contributed by atoms with E-state index in [9.17, 15) is 0 Å². The topological polar surface area (TPSA) is 38.9 Å². The van der Waals surface area contributed by atoms with Crippen LogP contribution in [0.2, 0.25) is 0 Å². The van der Waals surface area contributed by atoms with E-state index in [2.05, 4.69) is 58.0 Å². The van der Waals surface area contributed by atoms with Gasteiger partial charge in [-0.2, -0.15) is 0 Å². The maximum absolute atomic E-state index is 6.30. The van der Waals surface area contributed by atoms with Gasteiger partial charge in [0.15, 0.2) is 0 Å². The molecule has 2 nitrogen and oxygen atoms in total. The van der Waals surface area contributed by atoms with Gasteiger partial charge in [0.25, 0.3) is 0 Å². The Labute approximate surface area is 132 Å². The number of benzene rings is 2. The lowest BCUT2D eigenvalue weighted by Crippen LogP contribution is -1.98. The molecule has 0 atom stereocenters. The van der Waals surface area contributed by atoms with Crippen molar-refractivity contribution >= 4 is 16.6 Å². The molecule has 3 rings (SSSR count). The highest BCUT2D eigenvalue weighted by Gasteiger charge is 2.11. The number of rotatable bonds is 1. The van der Waals surface area contributed by atoms with Crippen molar-refractivity contribution in [3.63, 3.8) is 0 Å². The van der Waals surface area contributed by atoms with Crippen LogP contribution in [0, 0.1) is 34.6 Å². The molecule has 0 bridgehead atoms. The van der Waals surface area contributed by atoms with Gasteiger partial charge in [-0.25, -0.2) is 4.98 Å². The molecular weight excluding hydrogens is 268 g/mol. The molecule has 3 aromatic rings. The number of hydrogen-bond acceptors (Lipinski definition) is 2. The van der Waals surface area contributed by atoms with Crippen molar-refractivity contribution in [1.29, 1.82) is 0 Å². The molecule has 1 aromatic heterocycles. The molecule has 0 radical (unpaired) electrons. The molecule has 112 valence electrons. The van der Waals surface area contributed by atoms with Gasteiger partial charge in [0.1, 0.15) is 0 Å². The lowest BCUT2D eigenvalue weighted by atomic mass is 9.98. The van der Waals surface area contributed by atoms with Crippen LogP contribution >= 0.6 is 0 Å². The van der Waals surface area contributed by atoms with Crippen LogP contribution in [0.1, 0.15) is 27.8 Å². The minimum atomic E-state index is 0.821. The third-order valence-corrected chi connectivity index (χ3v) is 4.26. The van der Waals surface area contributed by atoms with E-state index in [0.29, 0.717) is 0 Å². The Balaban J connectivity index is 2.34. The van der Waals surface area contributed by atoms with E-state index in [1.807, 2.05) is 6.92 Å². The molecular formula is C20H22N2. The summed E-state index contributed by atoms with van der Waals surface area (Å²) < 4.78 is 0. The molecule has 22 heavy (non-hydrogen) atoms. The zero-order valence-electron chi connectivity index (χ0n) is 13.9. The molecule has 0 saturated carbocycles. The molecule has 0 spiro atoms. The standard InChI is InChI=1S/C20H22N2/c1-11-6-14(4)19(21)17(9-11)18-10-13(3)16-8-12(2)7-15(5)20(16)22-18/h6-10H,21H2,1-5H3. The average molecular weight is 290 g/mol. The van der Waals surface area contributed by atoms with Gasteiger partial charge in [-0.3, -0.25) is 0 Å². The fraction of sp³-hybridized carbons (Fsp3) is 0.250. The Bertz CT molecular complexity index is 892. The summed E-state index contributed by atoms with van der Waals surface area (Å²) in [6, 6.07) is 10.8. The van der Waals surface area contributed by atoms with E-state index in [4.69, 9.17) is 10.7 Å². The second kappa shape index (κ2) is 5.13. The quantitative estimate of drug-likeness (QED) is 0.639. The number of nitrogens with two attached hydrogens (primary N) is 1. The van der Waals surface area contributed by atoms with E-state index in [1.165, 1.54) is 27.6 Å². The van der Waals surface area contributed by atoms with Gasteiger partial charge >= 0.3 is 0 Å². The first kappa shape index (κ1) is 14.6. The maximum atomic E-state index is 6.30. The Morgan fingerprint density at radius 1 is 0.727 bits per heavy atom. The number of aromatic nitrogens is 1. The van der Waals surface area contributed by atoms with Crippen LogP contribution in [0.25, 0.3) is 22.2 Å². The minimum Gasteiger partial charge on any atom is -0.398 e. The monoisotopic (exact) mass is 290 g/mol. The third-order valence-electron chi connectivity index (χ3n) is 4.26. The molecule has 0 amide bonds. The Hall–Kier alpha value is -2.35. The second-order valence-corrected chi connectivity index (χ2v) is 6.35. The number of fused-ring (bicyclic) bond motifs is 1. The van der Waals surface area contributed by atoms with Gasteiger partial charge in [0.2, 0.25) is 0 Å². The number of anilines is 1. The smallest absolute Gasteiger partial charge is 0.0741 e. The van der Waals surface area contributed by atoms with E-state index >= 15 is 0 Å². The lowest BCUT2D eigenvalue weighted by molar-refractivity contribution is 1.30. The number of aryl methyl sites for hydroxylation is 5. The van der Waals surface area contributed by atoms with Gasteiger partial charge < -0.3 is 5.73 Å². The van der Waals surface area contributed by atoms with Gasteiger partial charge in [0, 0.05) is 16.6 Å². The van der Waals surface area contributed by atoms with Crippen LogP contribution < -0.4 is 5.73 Å². The number of hydrogen-bond donors (Lipinski definition) is 1. The molecule has 0 aliphatic rings. The van der Waals surface area contributed by atoms with Crippen LogP contribution in [0.4, 0.5) is 5.69 Å². The summed E-state index contributed by atoms with van der Waals surface area (Å²) in [5.41, 5.74) is 16.2. The Morgan fingerprint density at radius 3 is 2.09 bits per heavy atom. The molecule has 2 N–H and O–H groups in total. The zero-order chi connectivity index (χ0) is 16.0. The number of nitrogen functional groups attached to an aromatic ring is 1. The van der Waals surface area contributed by atoms with E-state index in [0.717, 1.165) is 28.0 Å². The SMILES string of the molecule is Cc1cc(C)c(N)c(-c2cc(C)c3cc(C)cc(C)c3n2)c1. The molecule has 2 heteroatoms. The predicted molar refractivity (Wildman–Crippen MR) is 95.3 cm³/mol. The summed E-state index contributed by atoms with van der Waals surface area (Å²) in [6.07, 6.45) is 0. The summed E-state index contributed by atoms with van der Waals surface area (Å²) in [5, 5.41) is 1.23. The summed E-state index contributed by atoms with van der Waals surface area (Å²) >= 11 is 0. The van der Waals surface area contributed by atoms with Crippen molar-refractivity contribution in [3.05, 3.63) is 58.1 Å². The summed E-state index contributed by atoms with van der Waals surface area (Å²) in [5.74, 6) is 0. The summed E-state index contributed by atoms with van der Waals surface area (Å²) in [4.78, 5) is 4.91. The second-order valence-electron chi connectivity index (χ2n) is 6.35. The largest absolute Gasteiger partial charge is 0.398 e.